The van der Waals surface area contributed by atoms with Gasteiger partial charge in [0.1, 0.15) is 11.6 Å². The Morgan fingerprint density at radius 1 is 1.16 bits per heavy atom. The highest BCUT2D eigenvalue weighted by Gasteiger charge is 2.16. The maximum absolute atomic E-state index is 14.1. The van der Waals surface area contributed by atoms with Crippen LogP contribution in [0.1, 0.15) is 5.56 Å². The lowest BCUT2D eigenvalue weighted by Crippen LogP contribution is -2.14. The molecule has 19 heavy (non-hydrogen) atoms. The highest BCUT2D eigenvalue weighted by molar-refractivity contribution is 9.08. The van der Waals surface area contributed by atoms with Gasteiger partial charge < -0.3 is 9.64 Å². The number of benzene rings is 2. The Hall–Kier alpha value is -1.55. The van der Waals surface area contributed by atoms with Crippen molar-refractivity contribution in [3.8, 4) is 5.75 Å². The zero-order chi connectivity index (χ0) is 13.8. The van der Waals surface area contributed by atoms with Crippen molar-refractivity contribution in [2.45, 2.75) is 5.33 Å². The minimum atomic E-state index is -0.245. The molecule has 0 aliphatic carbocycles. The fourth-order valence-corrected chi connectivity index (χ4v) is 2.52. The number of hydrogen-bond donors (Lipinski definition) is 0. The predicted molar refractivity (Wildman–Crippen MR) is 80.1 cm³/mol. The van der Waals surface area contributed by atoms with Crippen molar-refractivity contribution in [2.75, 3.05) is 19.1 Å². The Bertz CT molecular complexity index is 574. The first-order chi connectivity index (χ1) is 9.19. The van der Waals surface area contributed by atoms with E-state index in [1.54, 1.807) is 13.2 Å². The molecule has 100 valence electrons. The normalized spacial score (nSPS) is 10.3. The molecule has 0 atom stereocenters. The van der Waals surface area contributed by atoms with Gasteiger partial charge in [0.05, 0.1) is 18.5 Å². The van der Waals surface area contributed by atoms with Crippen LogP contribution < -0.4 is 9.64 Å². The summed E-state index contributed by atoms with van der Waals surface area (Å²) in [6, 6.07) is 12.6. The van der Waals surface area contributed by atoms with Crippen LogP contribution in [0.5, 0.6) is 5.75 Å². The van der Waals surface area contributed by atoms with E-state index in [1.807, 2.05) is 42.3 Å². The van der Waals surface area contributed by atoms with Crippen LogP contribution >= 0.6 is 15.9 Å². The molecule has 0 spiro atoms. The van der Waals surface area contributed by atoms with Gasteiger partial charge in [-0.1, -0.05) is 40.2 Å². The summed E-state index contributed by atoms with van der Waals surface area (Å²) in [7, 11) is 3.45. The van der Waals surface area contributed by atoms with Gasteiger partial charge >= 0.3 is 0 Å². The van der Waals surface area contributed by atoms with Gasteiger partial charge in [0, 0.05) is 12.4 Å². The number of hydrogen-bond acceptors (Lipinski definition) is 2. The molecule has 0 aromatic heterocycles. The largest absolute Gasteiger partial charge is 0.495 e. The van der Waals surface area contributed by atoms with Gasteiger partial charge in [0.15, 0.2) is 0 Å². The van der Waals surface area contributed by atoms with Crippen molar-refractivity contribution in [1.29, 1.82) is 0 Å². The van der Waals surface area contributed by atoms with Gasteiger partial charge in [-0.3, -0.25) is 0 Å². The summed E-state index contributed by atoms with van der Waals surface area (Å²) >= 11 is 3.39. The van der Waals surface area contributed by atoms with Crippen molar-refractivity contribution in [3.63, 3.8) is 0 Å². The van der Waals surface area contributed by atoms with Crippen LogP contribution in [0.3, 0.4) is 0 Å². The number of para-hydroxylation sites is 3. The van der Waals surface area contributed by atoms with Crippen molar-refractivity contribution >= 4 is 27.3 Å². The molecule has 0 amide bonds. The Morgan fingerprint density at radius 2 is 1.89 bits per heavy atom. The minimum Gasteiger partial charge on any atom is -0.495 e. The lowest BCUT2D eigenvalue weighted by Gasteiger charge is -2.24. The summed E-state index contributed by atoms with van der Waals surface area (Å²) in [6.07, 6.45) is 0. The standard InChI is InChI=1S/C15H15BrFNO/c1-18(13-8-3-4-9-14(13)19-2)15-11(10-16)6-5-7-12(15)17/h3-9H,10H2,1-2H3. The first-order valence-corrected chi connectivity index (χ1v) is 7.01. The van der Waals surface area contributed by atoms with E-state index >= 15 is 0 Å². The Balaban J connectivity index is 2.52. The number of ether oxygens (including phenoxy) is 1. The van der Waals surface area contributed by atoms with Gasteiger partial charge in [0.25, 0.3) is 0 Å². The van der Waals surface area contributed by atoms with E-state index in [9.17, 15) is 4.39 Å². The van der Waals surface area contributed by atoms with Crippen LogP contribution in [0.15, 0.2) is 42.5 Å². The second-order valence-corrected chi connectivity index (χ2v) is 4.67. The molecule has 2 aromatic rings. The molecule has 0 saturated carbocycles. The molecule has 4 heteroatoms. The molecular formula is C15H15BrFNO. The summed E-state index contributed by atoms with van der Waals surface area (Å²) < 4.78 is 19.4. The quantitative estimate of drug-likeness (QED) is 0.768. The molecule has 2 nitrogen and oxygen atoms in total. The summed E-state index contributed by atoms with van der Waals surface area (Å²) in [5.41, 5.74) is 2.29. The van der Waals surface area contributed by atoms with Gasteiger partial charge in [-0.05, 0) is 23.8 Å². The fourth-order valence-electron chi connectivity index (χ4n) is 2.07. The zero-order valence-electron chi connectivity index (χ0n) is 10.9. The monoisotopic (exact) mass is 323 g/mol. The molecule has 0 radical (unpaired) electrons. The zero-order valence-corrected chi connectivity index (χ0v) is 12.4. The van der Waals surface area contributed by atoms with Crippen molar-refractivity contribution in [3.05, 3.63) is 53.8 Å². The lowest BCUT2D eigenvalue weighted by atomic mass is 10.1. The fraction of sp³-hybridized carbons (Fsp3) is 0.200. The third-order valence-corrected chi connectivity index (χ3v) is 3.60. The number of rotatable bonds is 4. The second kappa shape index (κ2) is 6.06. The Kier molecular flexibility index (Phi) is 4.43. The first kappa shape index (κ1) is 13.9. The molecule has 0 heterocycles. The van der Waals surface area contributed by atoms with Crippen LogP contribution in [0.4, 0.5) is 15.8 Å². The third-order valence-electron chi connectivity index (χ3n) is 3.00. The maximum atomic E-state index is 14.1. The van der Waals surface area contributed by atoms with Crippen LogP contribution in [0.2, 0.25) is 0 Å². The molecule has 0 unspecified atom stereocenters. The highest BCUT2D eigenvalue weighted by Crippen LogP contribution is 2.36. The van der Waals surface area contributed by atoms with E-state index in [0.717, 1.165) is 11.3 Å². The number of anilines is 2. The van der Waals surface area contributed by atoms with E-state index in [-0.39, 0.29) is 5.82 Å². The summed E-state index contributed by atoms with van der Waals surface area (Å²) in [5, 5.41) is 0.597. The smallest absolute Gasteiger partial charge is 0.147 e. The topological polar surface area (TPSA) is 12.5 Å². The number of methoxy groups -OCH3 is 1. The molecule has 2 aromatic carbocycles. The predicted octanol–water partition coefficient (Wildman–Crippen LogP) is 4.50. The van der Waals surface area contributed by atoms with Gasteiger partial charge in [0.2, 0.25) is 0 Å². The molecule has 0 aliphatic rings. The third kappa shape index (κ3) is 2.73. The van der Waals surface area contributed by atoms with E-state index in [4.69, 9.17) is 4.74 Å². The molecular weight excluding hydrogens is 309 g/mol. The lowest BCUT2D eigenvalue weighted by molar-refractivity contribution is 0.415. The average molecular weight is 324 g/mol. The van der Waals surface area contributed by atoms with E-state index in [2.05, 4.69) is 15.9 Å². The van der Waals surface area contributed by atoms with Crippen LogP contribution in [-0.2, 0) is 5.33 Å². The highest BCUT2D eigenvalue weighted by atomic mass is 79.9. The summed E-state index contributed by atoms with van der Waals surface area (Å²) in [6.45, 7) is 0. The van der Waals surface area contributed by atoms with Crippen molar-refractivity contribution in [1.82, 2.24) is 0 Å². The molecule has 0 fully saturated rings. The molecule has 0 N–H and O–H groups in total. The number of alkyl halides is 1. The van der Waals surface area contributed by atoms with Crippen molar-refractivity contribution in [2.24, 2.45) is 0 Å². The molecule has 0 bridgehead atoms. The first-order valence-electron chi connectivity index (χ1n) is 5.89. The molecule has 2 rings (SSSR count). The number of halogens is 2. The molecule has 0 saturated heterocycles. The van der Waals surface area contributed by atoms with Gasteiger partial charge in [-0.25, -0.2) is 4.39 Å². The average Bonchev–Trinajstić information content (AvgIpc) is 2.46. The summed E-state index contributed by atoms with van der Waals surface area (Å²) in [5.74, 6) is 0.471. The van der Waals surface area contributed by atoms with E-state index < -0.39 is 0 Å². The van der Waals surface area contributed by atoms with Crippen LogP contribution in [-0.4, -0.2) is 14.2 Å². The van der Waals surface area contributed by atoms with E-state index in [1.165, 1.54) is 6.07 Å². The Morgan fingerprint density at radius 3 is 2.58 bits per heavy atom. The van der Waals surface area contributed by atoms with E-state index in [0.29, 0.717) is 16.8 Å². The van der Waals surface area contributed by atoms with Gasteiger partial charge in [-0.2, -0.15) is 0 Å². The van der Waals surface area contributed by atoms with Crippen LogP contribution in [0, 0.1) is 5.82 Å². The Labute approximate surface area is 120 Å². The minimum absolute atomic E-state index is 0.245. The SMILES string of the molecule is COc1ccccc1N(C)c1c(F)cccc1CBr. The summed E-state index contributed by atoms with van der Waals surface area (Å²) in [4.78, 5) is 1.81. The molecule has 0 aliphatic heterocycles. The van der Waals surface area contributed by atoms with Gasteiger partial charge in [-0.15, -0.1) is 0 Å². The van der Waals surface area contributed by atoms with Crippen molar-refractivity contribution < 1.29 is 9.13 Å². The second-order valence-electron chi connectivity index (χ2n) is 4.11. The number of nitrogens with zero attached hydrogens (tertiary/aromatic N) is 1. The maximum Gasteiger partial charge on any atom is 0.147 e. The van der Waals surface area contributed by atoms with Crippen LogP contribution in [0.25, 0.3) is 0 Å².